The van der Waals surface area contributed by atoms with E-state index in [1.165, 1.54) is 7.11 Å². The predicted octanol–water partition coefficient (Wildman–Crippen LogP) is 2.48. The smallest absolute Gasteiger partial charge is 0.323 e. The number of methoxy groups -OCH3 is 1. The van der Waals surface area contributed by atoms with Crippen LogP contribution in [0.25, 0.3) is 0 Å². The number of thiol groups is 1. The lowest BCUT2D eigenvalue weighted by Crippen LogP contribution is -2.08. The molecule has 13 heavy (non-hydrogen) atoms. The highest BCUT2D eigenvalue weighted by molar-refractivity contribution is 7.81. The third-order valence-electron chi connectivity index (χ3n) is 1.61. The van der Waals surface area contributed by atoms with Gasteiger partial charge in [0, 0.05) is 5.02 Å². The van der Waals surface area contributed by atoms with Crippen molar-refractivity contribution in [2.75, 3.05) is 7.11 Å². The van der Waals surface area contributed by atoms with Crippen molar-refractivity contribution in [1.82, 2.24) is 0 Å². The average Bonchev–Trinajstić information content (AvgIpc) is 2.17. The van der Waals surface area contributed by atoms with Crippen molar-refractivity contribution in [3.05, 3.63) is 34.9 Å². The van der Waals surface area contributed by atoms with E-state index < -0.39 is 5.25 Å². The molecule has 0 saturated heterocycles. The first-order valence-electron chi connectivity index (χ1n) is 3.66. The maximum atomic E-state index is 11.1. The first-order chi connectivity index (χ1) is 6.15. The standard InChI is InChI=1S/C9H9ClO2S/c1-12-9(11)8(13)6-2-4-7(10)5-3-6/h2-5,8,13H,1H3/t8-/m0/s1. The Hall–Kier alpha value is -0.670. The molecule has 0 radical (unpaired) electrons. The van der Waals surface area contributed by atoms with Gasteiger partial charge in [-0.15, -0.1) is 0 Å². The van der Waals surface area contributed by atoms with Crippen LogP contribution in [0.15, 0.2) is 24.3 Å². The third kappa shape index (κ3) is 2.64. The molecule has 2 nitrogen and oxygen atoms in total. The van der Waals surface area contributed by atoms with Gasteiger partial charge in [0.25, 0.3) is 0 Å². The summed E-state index contributed by atoms with van der Waals surface area (Å²) in [7, 11) is 1.33. The molecule has 4 heteroatoms. The number of esters is 1. The highest BCUT2D eigenvalue weighted by atomic mass is 35.5. The monoisotopic (exact) mass is 216 g/mol. The summed E-state index contributed by atoms with van der Waals surface area (Å²) >= 11 is 9.80. The summed E-state index contributed by atoms with van der Waals surface area (Å²) in [6, 6.07) is 6.92. The van der Waals surface area contributed by atoms with Gasteiger partial charge in [-0.05, 0) is 17.7 Å². The van der Waals surface area contributed by atoms with Gasteiger partial charge in [0.2, 0.25) is 0 Å². The van der Waals surface area contributed by atoms with Crippen molar-refractivity contribution < 1.29 is 9.53 Å². The summed E-state index contributed by atoms with van der Waals surface area (Å²) in [6.07, 6.45) is 0. The SMILES string of the molecule is COC(=O)[C@@H](S)c1ccc(Cl)cc1. The molecule has 0 aliphatic heterocycles. The number of halogens is 1. The molecular weight excluding hydrogens is 208 g/mol. The highest BCUT2D eigenvalue weighted by Crippen LogP contribution is 2.22. The highest BCUT2D eigenvalue weighted by Gasteiger charge is 2.15. The summed E-state index contributed by atoms with van der Waals surface area (Å²) in [5.41, 5.74) is 0.777. The second-order valence-corrected chi connectivity index (χ2v) is 3.43. The van der Waals surface area contributed by atoms with Crippen LogP contribution in [0.4, 0.5) is 0 Å². The van der Waals surface area contributed by atoms with Crippen LogP contribution in [0.5, 0.6) is 0 Å². The molecule has 0 saturated carbocycles. The van der Waals surface area contributed by atoms with Crippen LogP contribution in [0.2, 0.25) is 5.02 Å². The van der Waals surface area contributed by atoms with Crippen molar-refractivity contribution in [2.24, 2.45) is 0 Å². The van der Waals surface area contributed by atoms with E-state index in [1.807, 2.05) is 0 Å². The number of hydrogen-bond donors (Lipinski definition) is 1. The Morgan fingerprint density at radius 2 is 2.00 bits per heavy atom. The molecule has 0 aliphatic carbocycles. The number of carbonyl (C=O) groups excluding carboxylic acids is 1. The molecule has 0 aromatic heterocycles. The molecule has 0 N–H and O–H groups in total. The Labute approximate surface area is 87.3 Å². The van der Waals surface area contributed by atoms with Gasteiger partial charge < -0.3 is 4.74 Å². The van der Waals surface area contributed by atoms with Crippen LogP contribution in [-0.4, -0.2) is 13.1 Å². The Morgan fingerprint density at radius 1 is 1.46 bits per heavy atom. The fourth-order valence-electron chi connectivity index (χ4n) is 0.893. The maximum Gasteiger partial charge on any atom is 0.323 e. The van der Waals surface area contributed by atoms with Crippen molar-refractivity contribution in [3.8, 4) is 0 Å². The topological polar surface area (TPSA) is 26.3 Å². The van der Waals surface area contributed by atoms with E-state index in [2.05, 4.69) is 17.4 Å². The molecule has 1 atom stereocenters. The molecule has 0 bridgehead atoms. The predicted molar refractivity (Wildman–Crippen MR) is 55.2 cm³/mol. The van der Waals surface area contributed by atoms with Crippen molar-refractivity contribution >= 4 is 30.2 Å². The summed E-state index contributed by atoms with van der Waals surface area (Å²) in [4.78, 5) is 11.1. The van der Waals surface area contributed by atoms with E-state index in [0.717, 1.165) is 5.56 Å². The molecule has 0 fully saturated rings. The number of rotatable bonds is 2. The van der Waals surface area contributed by atoms with Gasteiger partial charge in [-0.2, -0.15) is 12.6 Å². The zero-order valence-corrected chi connectivity index (χ0v) is 8.68. The Bertz CT molecular complexity index is 297. The van der Waals surface area contributed by atoms with E-state index in [1.54, 1.807) is 24.3 Å². The summed E-state index contributed by atoms with van der Waals surface area (Å²) in [5.74, 6) is -0.370. The molecule has 0 unspecified atom stereocenters. The van der Waals surface area contributed by atoms with Crippen molar-refractivity contribution in [1.29, 1.82) is 0 Å². The largest absolute Gasteiger partial charge is 0.468 e. The zero-order chi connectivity index (χ0) is 9.84. The van der Waals surface area contributed by atoms with Gasteiger partial charge >= 0.3 is 5.97 Å². The van der Waals surface area contributed by atoms with E-state index in [9.17, 15) is 4.79 Å². The van der Waals surface area contributed by atoms with Gasteiger partial charge in [0.15, 0.2) is 0 Å². The van der Waals surface area contributed by atoms with E-state index in [-0.39, 0.29) is 5.97 Å². The Kier molecular flexibility index (Phi) is 3.63. The fourth-order valence-corrected chi connectivity index (χ4v) is 1.30. The second kappa shape index (κ2) is 4.53. The molecule has 1 aromatic carbocycles. The van der Waals surface area contributed by atoms with Crippen LogP contribution in [0, 0.1) is 0 Å². The number of carbonyl (C=O) groups is 1. The van der Waals surface area contributed by atoms with E-state index >= 15 is 0 Å². The van der Waals surface area contributed by atoms with Gasteiger partial charge in [0.05, 0.1) is 7.11 Å². The van der Waals surface area contributed by atoms with Crippen LogP contribution in [0.1, 0.15) is 10.8 Å². The van der Waals surface area contributed by atoms with Crippen molar-refractivity contribution in [2.45, 2.75) is 5.25 Å². The summed E-state index contributed by atoms with van der Waals surface area (Å²) < 4.78 is 4.55. The number of ether oxygens (including phenoxy) is 1. The van der Waals surface area contributed by atoms with Crippen LogP contribution >= 0.6 is 24.2 Å². The average molecular weight is 217 g/mol. The molecule has 0 amide bonds. The molecular formula is C9H9ClO2S. The van der Waals surface area contributed by atoms with Gasteiger partial charge in [-0.25, -0.2) is 0 Å². The zero-order valence-electron chi connectivity index (χ0n) is 7.03. The molecule has 0 heterocycles. The molecule has 70 valence electrons. The lowest BCUT2D eigenvalue weighted by atomic mass is 10.1. The molecule has 0 aliphatic rings. The van der Waals surface area contributed by atoms with E-state index in [0.29, 0.717) is 5.02 Å². The first kappa shape index (κ1) is 10.4. The quantitative estimate of drug-likeness (QED) is 0.607. The first-order valence-corrected chi connectivity index (χ1v) is 4.56. The van der Waals surface area contributed by atoms with Gasteiger partial charge in [-0.3, -0.25) is 4.79 Å². The maximum absolute atomic E-state index is 11.1. The van der Waals surface area contributed by atoms with Crippen LogP contribution in [0.3, 0.4) is 0 Å². The second-order valence-electron chi connectivity index (χ2n) is 2.48. The normalized spacial score (nSPS) is 12.2. The molecule has 1 rings (SSSR count). The lowest BCUT2D eigenvalue weighted by molar-refractivity contribution is -0.140. The number of benzene rings is 1. The summed E-state index contributed by atoms with van der Waals surface area (Å²) in [5, 5.41) is 0.0939. The van der Waals surface area contributed by atoms with Gasteiger partial charge in [0.1, 0.15) is 5.25 Å². The van der Waals surface area contributed by atoms with E-state index in [4.69, 9.17) is 11.6 Å². The Morgan fingerprint density at radius 3 is 2.46 bits per heavy atom. The van der Waals surface area contributed by atoms with Crippen molar-refractivity contribution in [3.63, 3.8) is 0 Å². The third-order valence-corrected chi connectivity index (χ3v) is 2.37. The minimum Gasteiger partial charge on any atom is -0.468 e. The molecule has 1 aromatic rings. The van der Waals surface area contributed by atoms with Crippen LogP contribution in [-0.2, 0) is 9.53 Å². The summed E-state index contributed by atoms with van der Waals surface area (Å²) in [6.45, 7) is 0. The lowest BCUT2D eigenvalue weighted by Gasteiger charge is -2.07. The van der Waals surface area contributed by atoms with Crippen LogP contribution < -0.4 is 0 Å². The number of hydrogen-bond acceptors (Lipinski definition) is 3. The molecule has 0 spiro atoms. The fraction of sp³-hybridized carbons (Fsp3) is 0.222. The van der Waals surface area contributed by atoms with Gasteiger partial charge in [-0.1, -0.05) is 23.7 Å². The minimum absolute atomic E-state index is 0.370. The minimum atomic E-state index is -0.540. The Balaban J connectivity index is 2.83.